The maximum absolute atomic E-state index is 12.8. The van der Waals surface area contributed by atoms with Crippen molar-refractivity contribution in [2.45, 2.75) is 30.0 Å². The Bertz CT molecular complexity index is 761. The number of rotatable bonds is 3. The van der Waals surface area contributed by atoms with Crippen molar-refractivity contribution in [3.63, 3.8) is 0 Å². The van der Waals surface area contributed by atoms with Gasteiger partial charge in [0.25, 0.3) is 0 Å². The second kappa shape index (κ2) is 4.23. The monoisotopic (exact) mass is 304 g/mol. The average molecular weight is 304 g/mol. The molecule has 108 valence electrons. The molecule has 0 saturated heterocycles. The van der Waals surface area contributed by atoms with E-state index in [0.29, 0.717) is 18.9 Å². The van der Waals surface area contributed by atoms with Crippen LogP contribution in [-0.2, 0) is 16.2 Å². The highest BCUT2D eigenvalue weighted by molar-refractivity contribution is 7.89. The maximum Gasteiger partial charge on any atom is 0.416 e. The molecule has 1 heterocycles. The van der Waals surface area contributed by atoms with Crippen LogP contribution in [0.5, 0.6) is 0 Å². The highest BCUT2D eigenvalue weighted by Gasteiger charge is 2.35. The van der Waals surface area contributed by atoms with Gasteiger partial charge in [0, 0.05) is 23.1 Å². The number of sulfonamides is 1. The van der Waals surface area contributed by atoms with Gasteiger partial charge in [-0.15, -0.1) is 0 Å². The lowest BCUT2D eigenvalue weighted by Crippen LogP contribution is -2.26. The van der Waals surface area contributed by atoms with Crippen LogP contribution >= 0.6 is 0 Å². The molecule has 1 aliphatic carbocycles. The Morgan fingerprint density at radius 2 is 1.95 bits per heavy atom. The lowest BCUT2D eigenvalue weighted by atomic mass is 10.1. The molecule has 1 saturated carbocycles. The number of aromatic amines is 1. The molecule has 0 atom stereocenters. The number of benzene rings is 1. The molecule has 0 unspecified atom stereocenters. The van der Waals surface area contributed by atoms with Crippen LogP contribution in [0, 0.1) is 0 Å². The first-order valence-corrected chi connectivity index (χ1v) is 7.46. The first-order chi connectivity index (χ1) is 9.27. The van der Waals surface area contributed by atoms with E-state index in [2.05, 4.69) is 9.71 Å². The van der Waals surface area contributed by atoms with Gasteiger partial charge in [-0.1, -0.05) is 0 Å². The summed E-state index contributed by atoms with van der Waals surface area (Å²) in [6.07, 6.45) is -1.74. The number of H-pyrrole nitrogens is 1. The van der Waals surface area contributed by atoms with Crippen molar-refractivity contribution in [2.24, 2.45) is 0 Å². The Balaban J connectivity index is 2.19. The summed E-state index contributed by atoms with van der Waals surface area (Å²) < 4.78 is 65.3. The van der Waals surface area contributed by atoms with Crippen LogP contribution in [0.25, 0.3) is 10.9 Å². The van der Waals surface area contributed by atoms with Crippen molar-refractivity contribution in [3.8, 4) is 0 Å². The Hall–Kier alpha value is -1.54. The van der Waals surface area contributed by atoms with Crippen molar-refractivity contribution in [1.29, 1.82) is 0 Å². The minimum atomic E-state index is -4.59. The summed E-state index contributed by atoms with van der Waals surface area (Å²) in [6.45, 7) is 0. The van der Waals surface area contributed by atoms with E-state index in [1.807, 2.05) is 0 Å². The lowest BCUT2D eigenvalue weighted by Gasteiger charge is -2.11. The quantitative estimate of drug-likeness (QED) is 0.915. The van der Waals surface area contributed by atoms with Crippen molar-refractivity contribution >= 4 is 20.9 Å². The number of halogens is 3. The molecule has 0 bridgehead atoms. The zero-order valence-corrected chi connectivity index (χ0v) is 11.0. The molecule has 0 spiro atoms. The Labute approximate surface area is 113 Å². The third-order valence-corrected chi connectivity index (χ3v) is 4.71. The zero-order valence-electron chi connectivity index (χ0n) is 10.2. The van der Waals surface area contributed by atoms with Gasteiger partial charge in [0.2, 0.25) is 10.0 Å². The molecule has 1 aromatic heterocycles. The Morgan fingerprint density at radius 3 is 2.55 bits per heavy atom. The molecule has 1 aliphatic rings. The fourth-order valence-electron chi connectivity index (χ4n) is 2.00. The van der Waals surface area contributed by atoms with Gasteiger partial charge in [0.1, 0.15) is 0 Å². The summed E-state index contributed by atoms with van der Waals surface area (Å²) in [4.78, 5) is 2.28. The second-order valence-electron chi connectivity index (χ2n) is 4.81. The lowest BCUT2D eigenvalue weighted by molar-refractivity contribution is -0.137. The number of fused-ring (bicyclic) bond motifs is 1. The van der Waals surface area contributed by atoms with Crippen molar-refractivity contribution in [3.05, 3.63) is 30.0 Å². The molecule has 2 N–H and O–H groups in total. The predicted octanol–water partition coefficient (Wildman–Crippen LogP) is 2.63. The zero-order chi connectivity index (χ0) is 14.5. The summed E-state index contributed by atoms with van der Waals surface area (Å²) in [5, 5.41) is 0.256. The van der Waals surface area contributed by atoms with Gasteiger partial charge in [-0.2, -0.15) is 13.2 Å². The fourth-order valence-corrected chi connectivity index (χ4v) is 3.55. The highest BCUT2D eigenvalue weighted by Crippen LogP contribution is 2.35. The van der Waals surface area contributed by atoms with E-state index in [1.54, 1.807) is 0 Å². The number of nitrogens with one attached hydrogen (secondary N) is 2. The summed E-state index contributed by atoms with van der Waals surface area (Å²) in [7, 11) is -3.95. The van der Waals surface area contributed by atoms with E-state index in [9.17, 15) is 21.6 Å². The van der Waals surface area contributed by atoms with Crippen molar-refractivity contribution < 1.29 is 21.6 Å². The molecule has 0 amide bonds. The van der Waals surface area contributed by atoms with Gasteiger partial charge in [-0.05, 0) is 31.0 Å². The van der Waals surface area contributed by atoms with Crippen molar-refractivity contribution in [2.75, 3.05) is 0 Å². The average Bonchev–Trinajstić information content (AvgIpc) is 3.00. The summed E-state index contributed by atoms with van der Waals surface area (Å²) >= 11 is 0. The third-order valence-electron chi connectivity index (χ3n) is 3.15. The molecule has 20 heavy (non-hydrogen) atoms. The molecule has 1 aromatic carbocycles. The number of hydrogen-bond donors (Lipinski definition) is 2. The first kappa shape index (κ1) is 13.4. The second-order valence-corrected chi connectivity index (χ2v) is 6.49. The Kier molecular flexibility index (Phi) is 2.84. The van der Waals surface area contributed by atoms with Crippen LogP contribution in [-0.4, -0.2) is 19.4 Å². The summed E-state index contributed by atoms with van der Waals surface area (Å²) in [5.41, 5.74) is -0.834. The van der Waals surface area contributed by atoms with Crippen LogP contribution < -0.4 is 4.72 Å². The highest BCUT2D eigenvalue weighted by atomic mass is 32.2. The molecule has 3 rings (SSSR count). The minimum absolute atomic E-state index is 0.149. The molecule has 2 aromatic rings. The normalized spacial score (nSPS) is 16.8. The van der Waals surface area contributed by atoms with E-state index < -0.39 is 21.8 Å². The van der Waals surface area contributed by atoms with E-state index in [-0.39, 0.29) is 21.8 Å². The molecule has 1 fully saturated rings. The van der Waals surface area contributed by atoms with Crippen LogP contribution in [0.4, 0.5) is 13.2 Å². The van der Waals surface area contributed by atoms with Gasteiger partial charge in [0.15, 0.2) is 0 Å². The van der Waals surface area contributed by atoms with E-state index in [1.165, 1.54) is 12.3 Å². The standard InChI is InChI=1S/C12H11F3N2O2S/c13-12(14,15)7-5-10-9(3-4-16-10)11(6-7)20(18,19)17-8-1-2-8/h3-6,8,16-17H,1-2H2. The number of alkyl halides is 3. The molecular weight excluding hydrogens is 293 g/mol. The summed E-state index contributed by atoms with van der Waals surface area (Å²) in [5.74, 6) is 0. The third kappa shape index (κ3) is 2.40. The van der Waals surface area contributed by atoms with Gasteiger partial charge < -0.3 is 4.98 Å². The van der Waals surface area contributed by atoms with Crippen LogP contribution in [0.2, 0.25) is 0 Å². The minimum Gasteiger partial charge on any atom is -0.361 e. The SMILES string of the molecule is O=S(=O)(NC1CC1)c1cc(C(F)(F)F)cc2[nH]ccc12. The van der Waals surface area contributed by atoms with Gasteiger partial charge in [-0.3, -0.25) is 0 Å². The molecule has 4 nitrogen and oxygen atoms in total. The largest absolute Gasteiger partial charge is 0.416 e. The molecular formula is C12H11F3N2O2S. The topological polar surface area (TPSA) is 62.0 Å². The fraction of sp³-hybridized carbons (Fsp3) is 0.333. The maximum atomic E-state index is 12.8. The van der Waals surface area contributed by atoms with Crippen LogP contribution in [0.3, 0.4) is 0 Å². The van der Waals surface area contributed by atoms with E-state index >= 15 is 0 Å². The van der Waals surface area contributed by atoms with E-state index in [4.69, 9.17) is 0 Å². The number of aromatic nitrogens is 1. The van der Waals surface area contributed by atoms with Crippen LogP contribution in [0.15, 0.2) is 29.3 Å². The Morgan fingerprint density at radius 1 is 1.25 bits per heavy atom. The predicted molar refractivity (Wildman–Crippen MR) is 66.6 cm³/mol. The van der Waals surface area contributed by atoms with Crippen LogP contribution in [0.1, 0.15) is 18.4 Å². The molecule has 0 aliphatic heterocycles. The summed E-state index contributed by atoms with van der Waals surface area (Å²) in [6, 6.07) is 2.88. The number of hydrogen-bond acceptors (Lipinski definition) is 2. The van der Waals surface area contributed by atoms with Crippen molar-refractivity contribution in [1.82, 2.24) is 9.71 Å². The van der Waals surface area contributed by atoms with E-state index in [0.717, 1.165) is 6.07 Å². The smallest absolute Gasteiger partial charge is 0.361 e. The molecule has 0 radical (unpaired) electrons. The van der Waals surface area contributed by atoms with Gasteiger partial charge in [-0.25, -0.2) is 13.1 Å². The first-order valence-electron chi connectivity index (χ1n) is 5.98. The van der Waals surface area contributed by atoms with Gasteiger partial charge in [0.05, 0.1) is 10.5 Å². The molecule has 8 heteroatoms. The van der Waals surface area contributed by atoms with Gasteiger partial charge >= 0.3 is 6.18 Å².